The van der Waals surface area contributed by atoms with Gasteiger partial charge in [-0.3, -0.25) is 4.79 Å². The quantitative estimate of drug-likeness (QED) is 0.373. The summed E-state index contributed by atoms with van der Waals surface area (Å²) < 4.78 is 10.1. The molecule has 4 rings (SSSR count). The van der Waals surface area contributed by atoms with Crippen molar-refractivity contribution in [1.82, 2.24) is 5.32 Å². The zero-order valence-electron chi connectivity index (χ0n) is 17.4. The first-order chi connectivity index (χ1) is 15.1. The van der Waals surface area contributed by atoms with Crippen LogP contribution in [0.3, 0.4) is 0 Å². The molecule has 156 valence electrons. The Hall–Kier alpha value is -3.86. The number of benzene rings is 4. The van der Waals surface area contributed by atoms with Crippen molar-refractivity contribution in [1.29, 1.82) is 0 Å². The molecule has 0 radical (unpaired) electrons. The molecule has 0 spiro atoms. The number of nitrogens with one attached hydrogen (secondary N) is 1. The van der Waals surface area contributed by atoms with E-state index in [9.17, 15) is 9.59 Å². The lowest BCUT2D eigenvalue weighted by Crippen LogP contribution is -2.43. The van der Waals surface area contributed by atoms with Gasteiger partial charge in [-0.25, -0.2) is 4.79 Å². The molecule has 0 fully saturated rings. The maximum atomic E-state index is 13.5. The Balaban J connectivity index is 1.71. The van der Waals surface area contributed by atoms with Gasteiger partial charge in [0.05, 0.1) is 19.8 Å². The van der Waals surface area contributed by atoms with E-state index in [4.69, 9.17) is 9.47 Å². The summed E-state index contributed by atoms with van der Waals surface area (Å²) in [6.45, 7) is 0. The molecule has 0 bridgehead atoms. The fourth-order valence-corrected chi connectivity index (χ4v) is 3.82. The van der Waals surface area contributed by atoms with Crippen molar-refractivity contribution < 1.29 is 19.1 Å². The van der Waals surface area contributed by atoms with Crippen LogP contribution in [0.1, 0.15) is 15.9 Å². The van der Waals surface area contributed by atoms with E-state index in [0.29, 0.717) is 12.0 Å². The third-order valence-corrected chi connectivity index (χ3v) is 5.39. The van der Waals surface area contributed by atoms with E-state index in [0.717, 1.165) is 32.9 Å². The van der Waals surface area contributed by atoms with Crippen molar-refractivity contribution in [2.45, 2.75) is 12.5 Å². The predicted octanol–water partition coefficient (Wildman–Crippen LogP) is 4.52. The Morgan fingerprint density at radius 2 is 1.42 bits per heavy atom. The minimum absolute atomic E-state index is 0.308. The van der Waals surface area contributed by atoms with E-state index in [1.54, 1.807) is 7.11 Å². The molecule has 0 aromatic heterocycles. The highest BCUT2D eigenvalue weighted by Crippen LogP contribution is 2.28. The smallest absolute Gasteiger partial charge is 0.328 e. The van der Waals surface area contributed by atoms with Gasteiger partial charge in [0, 0.05) is 6.42 Å². The summed E-state index contributed by atoms with van der Waals surface area (Å²) in [5, 5.41) is 6.52. The fraction of sp³-hybridized carbons (Fsp3) is 0.154. The monoisotopic (exact) mass is 413 g/mol. The molecule has 0 aliphatic heterocycles. The summed E-state index contributed by atoms with van der Waals surface area (Å²) in [4.78, 5) is 25.9. The standard InChI is InChI=1S/C26H23NO4/c1-30-20-13-11-17(12-14-20)15-23(26(29)31-2)27-25(28)24-21-9-5-3-7-18(21)16-19-8-4-6-10-22(19)24/h3-14,16,23H,15H2,1-2H3,(H,27,28)/t23-/m1/s1. The average molecular weight is 413 g/mol. The summed E-state index contributed by atoms with van der Waals surface area (Å²) in [5.74, 6) is -0.0738. The molecule has 0 saturated heterocycles. The maximum absolute atomic E-state index is 13.5. The highest BCUT2D eigenvalue weighted by molar-refractivity contribution is 6.18. The number of rotatable bonds is 6. The number of amides is 1. The van der Waals surface area contributed by atoms with Crippen LogP contribution in [0.4, 0.5) is 0 Å². The number of esters is 1. The van der Waals surface area contributed by atoms with Crippen molar-refractivity contribution in [3.63, 3.8) is 0 Å². The first-order valence-corrected chi connectivity index (χ1v) is 10.0. The maximum Gasteiger partial charge on any atom is 0.328 e. The molecule has 1 atom stereocenters. The number of fused-ring (bicyclic) bond motifs is 2. The third-order valence-electron chi connectivity index (χ3n) is 5.39. The van der Waals surface area contributed by atoms with Crippen LogP contribution < -0.4 is 10.1 Å². The van der Waals surface area contributed by atoms with E-state index in [1.807, 2.05) is 72.8 Å². The molecule has 4 aromatic carbocycles. The first kappa shape index (κ1) is 20.4. The fourth-order valence-electron chi connectivity index (χ4n) is 3.82. The number of carbonyl (C=O) groups is 2. The van der Waals surface area contributed by atoms with Gasteiger partial charge < -0.3 is 14.8 Å². The van der Waals surface area contributed by atoms with Gasteiger partial charge in [-0.05, 0) is 45.3 Å². The third kappa shape index (κ3) is 4.21. The molecule has 0 heterocycles. The summed E-state index contributed by atoms with van der Waals surface area (Å²) in [6, 6.07) is 24.1. The second kappa shape index (κ2) is 8.88. The van der Waals surface area contributed by atoms with Gasteiger partial charge in [-0.1, -0.05) is 60.7 Å². The molecule has 0 saturated carbocycles. The zero-order valence-corrected chi connectivity index (χ0v) is 17.4. The van der Waals surface area contributed by atoms with Gasteiger partial charge in [0.25, 0.3) is 5.91 Å². The predicted molar refractivity (Wildman–Crippen MR) is 121 cm³/mol. The summed E-state index contributed by atoms with van der Waals surface area (Å²) >= 11 is 0. The highest BCUT2D eigenvalue weighted by atomic mass is 16.5. The van der Waals surface area contributed by atoms with Crippen LogP contribution in [0.15, 0.2) is 78.9 Å². The SMILES string of the molecule is COC(=O)[C@@H](Cc1ccc(OC)cc1)NC(=O)c1c2ccccc2cc2ccccc12. The van der Waals surface area contributed by atoms with Gasteiger partial charge in [0.2, 0.25) is 0 Å². The van der Waals surface area contributed by atoms with Crippen LogP contribution in [0.25, 0.3) is 21.5 Å². The van der Waals surface area contributed by atoms with Crippen molar-refractivity contribution in [3.05, 3.63) is 90.0 Å². The van der Waals surface area contributed by atoms with E-state index in [1.165, 1.54) is 7.11 Å². The van der Waals surface area contributed by atoms with E-state index in [-0.39, 0.29) is 5.91 Å². The Morgan fingerprint density at radius 3 is 1.97 bits per heavy atom. The van der Waals surface area contributed by atoms with Crippen LogP contribution in [0.2, 0.25) is 0 Å². The second-order valence-electron chi connectivity index (χ2n) is 7.30. The van der Waals surface area contributed by atoms with Crippen LogP contribution in [-0.4, -0.2) is 32.1 Å². The molecule has 1 amide bonds. The number of carbonyl (C=O) groups excluding carboxylic acids is 2. The van der Waals surface area contributed by atoms with Crippen LogP contribution in [0, 0.1) is 0 Å². The number of ether oxygens (including phenoxy) is 2. The lowest BCUT2D eigenvalue weighted by molar-refractivity contribution is -0.142. The Bertz CT molecular complexity index is 1190. The van der Waals surface area contributed by atoms with Crippen LogP contribution in [0.5, 0.6) is 5.75 Å². The largest absolute Gasteiger partial charge is 0.497 e. The molecule has 31 heavy (non-hydrogen) atoms. The lowest BCUT2D eigenvalue weighted by Gasteiger charge is -2.18. The van der Waals surface area contributed by atoms with E-state index in [2.05, 4.69) is 11.4 Å². The summed E-state index contributed by atoms with van der Waals surface area (Å²) in [7, 11) is 2.92. The Kier molecular flexibility index (Phi) is 5.85. The van der Waals surface area contributed by atoms with Crippen LogP contribution >= 0.6 is 0 Å². The molecular formula is C26H23NO4. The molecular weight excluding hydrogens is 390 g/mol. The molecule has 0 aliphatic carbocycles. The highest BCUT2D eigenvalue weighted by Gasteiger charge is 2.24. The molecule has 0 aliphatic rings. The molecule has 0 unspecified atom stereocenters. The van der Waals surface area contributed by atoms with E-state index >= 15 is 0 Å². The summed E-state index contributed by atoms with van der Waals surface area (Å²) in [5.41, 5.74) is 1.44. The van der Waals surface area contributed by atoms with Gasteiger partial charge in [-0.2, -0.15) is 0 Å². The summed E-state index contributed by atoms with van der Waals surface area (Å²) in [6.07, 6.45) is 0.311. The molecule has 5 nitrogen and oxygen atoms in total. The van der Waals surface area contributed by atoms with Gasteiger partial charge in [0.1, 0.15) is 11.8 Å². The van der Waals surface area contributed by atoms with Crippen molar-refractivity contribution in [3.8, 4) is 5.75 Å². The van der Waals surface area contributed by atoms with Crippen molar-refractivity contribution in [2.75, 3.05) is 14.2 Å². The van der Waals surface area contributed by atoms with Crippen LogP contribution in [-0.2, 0) is 16.0 Å². The lowest BCUT2D eigenvalue weighted by atomic mass is 9.95. The number of hydrogen-bond acceptors (Lipinski definition) is 4. The molecule has 5 heteroatoms. The Morgan fingerprint density at radius 1 is 0.839 bits per heavy atom. The second-order valence-corrected chi connectivity index (χ2v) is 7.30. The average Bonchev–Trinajstić information content (AvgIpc) is 2.81. The molecule has 4 aromatic rings. The topological polar surface area (TPSA) is 64.6 Å². The van der Waals surface area contributed by atoms with Crippen molar-refractivity contribution in [2.24, 2.45) is 0 Å². The Labute approximate surface area is 180 Å². The normalized spacial score (nSPS) is 11.8. The number of methoxy groups -OCH3 is 2. The first-order valence-electron chi connectivity index (χ1n) is 10.0. The van der Waals surface area contributed by atoms with Gasteiger partial charge in [-0.15, -0.1) is 0 Å². The zero-order chi connectivity index (χ0) is 21.8. The minimum atomic E-state index is -0.816. The van der Waals surface area contributed by atoms with Gasteiger partial charge >= 0.3 is 5.97 Å². The van der Waals surface area contributed by atoms with Gasteiger partial charge in [0.15, 0.2) is 0 Å². The van der Waals surface area contributed by atoms with E-state index < -0.39 is 12.0 Å². The van der Waals surface area contributed by atoms with Crippen molar-refractivity contribution >= 4 is 33.4 Å². The molecule has 1 N–H and O–H groups in total. The number of hydrogen-bond donors (Lipinski definition) is 1. The minimum Gasteiger partial charge on any atom is -0.497 e.